The number of aromatic nitrogens is 4. The number of carbonyl (C=O) groups excluding carboxylic acids is 2. The lowest BCUT2D eigenvalue weighted by Crippen LogP contribution is -2.56. The van der Waals surface area contributed by atoms with Gasteiger partial charge in [0.15, 0.2) is 5.75 Å². The van der Waals surface area contributed by atoms with E-state index in [0.29, 0.717) is 53.3 Å². The van der Waals surface area contributed by atoms with Crippen molar-refractivity contribution in [1.82, 2.24) is 29.3 Å². The highest BCUT2D eigenvalue weighted by atomic mass is 35.5. The second-order valence-corrected chi connectivity index (χ2v) is 18.9. The Balaban J connectivity index is 0.747. The number of benzene rings is 3. The summed E-state index contributed by atoms with van der Waals surface area (Å²) in [5.41, 5.74) is 5.81. The molecule has 0 radical (unpaired) electrons. The number of ether oxygens (including phenoxy) is 2. The summed E-state index contributed by atoms with van der Waals surface area (Å²) in [7, 11) is 1.76. The predicted molar refractivity (Wildman–Crippen MR) is 241 cm³/mol. The molecule has 0 bridgehead atoms. The highest BCUT2D eigenvalue weighted by molar-refractivity contribution is 6.32. The van der Waals surface area contributed by atoms with Crippen LogP contribution in [0.25, 0.3) is 11.0 Å². The molecule has 63 heavy (non-hydrogen) atoms. The van der Waals surface area contributed by atoms with Gasteiger partial charge in [0.2, 0.25) is 17.8 Å². The third-order valence-electron chi connectivity index (χ3n) is 14.4. The topological polar surface area (TPSA) is 148 Å². The average molecular weight is 871 g/mol. The molecule has 4 fully saturated rings. The summed E-state index contributed by atoms with van der Waals surface area (Å²) in [5.74, 6) is 1.66. The number of fused-ring (bicyclic) bond motifs is 1. The van der Waals surface area contributed by atoms with Crippen molar-refractivity contribution in [2.75, 3.05) is 37.7 Å². The summed E-state index contributed by atoms with van der Waals surface area (Å²) < 4.78 is 15.0. The molecule has 5 aromatic rings. The van der Waals surface area contributed by atoms with E-state index < -0.39 is 17.4 Å². The molecule has 2 aromatic heterocycles. The van der Waals surface area contributed by atoms with E-state index in [1.54, 1.807) is 16.2 Å². The summed E-state index contributed by atoms with van der Waals surface area (Å²) >= 11 is 6.55. The lowest BCUT2D eigenvalue weighted by molar-refractivity contribution is -0.135. The Kier molecular flexibility index (Phi) is 11.6. The predicted octanol–water partition coefficient (Wildman–Crippen LogP) is 7.56. The summed E-state index contributed by atoms with van der Waals surface area (Å²) in [6, 6.07) is 22.1. The van der Waals surface area contributed by atoms with E-state index in [9.17, 15) is 19.6 Å². The van der Waals surface area contributed by atoms with E-state index >= 15 is 0 Å². The van der Waals surface area contributed by atoms with Crippen LogP contribution in [0.1, 0.15) is 112 Å². The molecule has 1 atom stereocenters. The number of imidazole rings is 1. The van der Waals surface area contributed by atoms with Crippen molar-refractivity contribution in [1.29, 1.82) is 5.26 Å². The molecule has 9 rings (SSSR count). The first-order valence-electron chi connectivity index (χ1n) is 22.3. The normalized spacial score (nSPS) is 19.8. The first-order valence-corrected chi connectivity index (χ1v) is 22.7. The van der Waals surface area contributed by atoms with Crippen LogP contribution in [-0.4, -0.2) is 74.6 Å². The number of piperidine rings is 3. The lowest BCUT2D eigenvalue weighted by Gasteiger charge is -2.56. The van der Waals surface area contributed by atoms with Crippen LogP contribution in [0.2, 0.25) is 5.02 Å². The number of carbonyl (C=O) groups is 2. The monoisotopic (exact) mass is 870 g/mol. The zero-order chi connectivity index (χ0) is 44.0. The number of nitrogens with one attached hydrogen (secondary N) is 1. The Morgan fingerprint density at radius 1 is 0.921 bits per heavy atom. The summed E-state index contributed by atoms with van der Waals surface area (Å²) in [6.45, 7) is 10.9. The van der Waals surface area contributed by atoms with Crippen LogP contribution in [0.5, 0.6) is 11.5 Å². The molecule has 2 amide bonds. The van der Waals surface area contributed by atoms with Crippen molar-refractivity contribution in [3.63, 3.8) is 0 Å². The summed E-state index contributed by atoms with van der Waals surface area (Å²) in [5, 5.41) is 12.6. The van der Waals surface area contributed by atoms with Gasteiger partial charge < -0.3 is 19.3 Å². The minimum atomic E-state index is -0.673. The van der Waals surface area contributed by atoms with Gasteiger partial charge in [-0.05, 0) is 135 Å². The zero-order valence-corrected chi connectivity index (χ0v) is 37.3. The van der Waals surface area contributed by atoms with Crippen molar-refractivity contribution in [2.24, 2.45) is 12.5 Å². The second kappa shape index (κ2) is 17.1. The maximum atomic E-state index is 13.3. The summed E-state index contributed by atoms with van der Waals surface area (Å²) in [6.07, 6.45) is 9.32. The Hall–Kier alpha value is -5.71. The molecular formula is C49H55ClN8O5. The number of nitrogens with zero attached hydrogens (tertiary/aromatic N) is 7. The highest BCUT2D eigenvalue weighted by Gasteiger charge is 2.48. The van der Waals surface area contributed by atoms with Crippen LogP contribution in [0.15, 0.2) is 71.7 Å². The molecule has 1 unspecified atom stereocenters. The molecule has 3 aromatic carbocycles. The van der Waals surface area contributed by atoms with Gasteiger partial charge in [0.25, 0.3) is 0 Å². The molecule has 14 heteroatoms. The number of amides is 2. The third-order valence-corrected chi connectivity index (χ3v) is 14.7. The Labute approximate surface area is 373 Å². The van der Waals surface area contributed by atoms with Gasteiger partial charge in [0.05, 0.1) is 33.9 Å². The smallest absolute Gasteiger partial charge is 0.329 e. The van der Waals surface area contributed by atoms with Crippen molar-refractivity contribution >= 4 is 40.4 Å². The van der Waals surface area contributed by atoms with Crippen LogP contribution < -0.4 is 25.4 Å². The van der Waals surface area contributed by atoms with Gasteiger partial charge in [-0.3, -0.25) is 24.0 Å². The van der Waals surface area contributed by atoms with E-state index in [4.69, 9.17) is 26.1 Å². The average Bonchev–Trinajstić information content (AvgIpc) is 3.53. The number of aryl methyl sites for hydroxylation is 1. The van der Waals surface area contributed by atoms with Crippen molar-refractivity contribution in [3.8, 4) is 17.6 Å². The van der Waals surface area contributed by atoms with Gasteiger partial charge in [0, 0.05) is 44.2 Å². The molecule has 3 aliphatic heterocycles. The van der Waals surface area contributed by atoms with Crippen molar-refractivity contribution in [2.45, 2.75) is 102 Å². The molecule has 1 aliphatic carbocycles. The fraction of sp³-hybridized carbons (Fsp3) is 0.469. The first-order chi connectivity index (χ1) is 30.4. The van der Waals surface area contributed by atoms with Crippen LogP contribution in [0.3, 0.4) is 0 Å². The molecule has 328 valence electrons. The lowest BCUT2D eigenvalue weighted by atomic mass is 9.59. The van der Waals surface area contributed by atoms with E-state index in [2.05, 4.69) is 64.3 Å². The number of likely N-dealkylation sites (tertiary alicyclic amines) is 1. The van der Waals surface area contributed by atoms with Crippen molar-refractivity contribution in [3.05, 3.63) is 110 Å². The van der Waals surface area contributed by atoms with Gasteiger partial charge in [-0.25, -0.2) is 14.8 Å². The number of rotatable bonds is 11. The molecule has 1 saturated carbocycles. The van der Waals surface area contributed by atoms with Crippen LogP contribution in [0, 0.1) is 16.7 Å². The number of anilines is 1. The van der Waals surface area contributed by atoms with Gasteiger partial charge >= 0.3 is 5.69 Å². The molecular weight excluding hydrogens is 816 g/mol. The Morgan fingerprint density at radius 3 is 2.37 bits per heavy atom. The van der Waals surface area contributed by atoms with Gasteiger partial charge in [-0.15, -0.1) is 0 Å². The van der Waals surface area contributed by atoms with Crippen molar-refractivity contribution < 1.29 is 19.1 Å². The fourth-order valence-corrected chi connectivity index (χ4v) is 10.8. The Morgan fingerprint density at radius 2 is 1.67 bits per heavy atom. The van der Waals surface area contributed by atoms with Crippen LogP contribution in [-0.2, 0) is 28.7 Å². The number of imide groups is 1. The second-order valence-electron chi connectivity index (χ2n) is 18.5. The first kappa shape index (κ1) is 42.6. The molecule has 3 saturated heterocycles. The highest BCUT2D eigenvalue weighted by Crippen LogP contribution is 2.52. The van der Waals surface area contributed by atoms with Gasteiger partial charge in [0.1, 0.15) is 24.5 Å². The molecule has 13 nitrogen and oxygen atoms in total. The standard InChI is InChI=1S/C49H55ClN8O5/c1-5-62-44-33(29-51)24-35(26-39(44)50)48(2,3)34-7-9-38(10-8-34)63-30-36-14-19-52-46(53-36)57-22-17-49(18-23-57)27-37(28-49)56-20-15-31(16-21-56)32-6-11-40-42(25-32)55(4)47(61)58(40)41-12-13-43(59)54-45(41)60/h6-11,14,19,24-26,31,37,41H,5,12-13,15-18,20-23,27-28,30H2,1-4H3,(H,54,59,60). The quantitative estimate of drug-likeness (QED) is 0.132. The van der Waals surface area contributed by atoms with Gasteiger partial charge in [-0.2, -0.15) is 5.26 Å². The number of hydrogen-bond donors (Lipinski definition) is 1. The molecule has 1 spiro atoms. The molecule has 1 N–H and O–H groups in total. The Bertz CT molecular complexity index is 2640. The zero-order valence-electron chi connectivity index (χ0n) is 36.5. The van der Waals surface area contributed by atoms with Gasteiger partial charge in [-0.1, -0.05) is 43.6 Å². The number of halogens is 1. The van der Waals surface area contributed by atoms with Crippen LogP contribution >= 0.6 is 11.6 Å². The minimum Gasteiger partial charge on any atom is -0.491 e. The fourth-order valence-electron chi connectivity index (χ4n) is 10.5. The van der Waals surface area contributed by atoms with E-state index in [1.165, 1.54) is 18.4 Å². The number of nitriles is 1. The maximum Gasteiger partial charge on any atom is 0.329 e. The van der Waals surface area contributed by atoms with E-state index in [1.807, 2.05) is 49.5 Å². The minimum absolute atomic E-state index is 0.229. The molecule has 4 aliphatic rings. The third kappa shape index (κ3) is 8.19. The van der Waals surface area contributed by atoms with E-state index in [-0.39, 0.29) is 18.0 Å². The molecule has 5 heterocycles. The van der Waals surface area contributed by atoms with Crippen LogP contribution in [0.4, 0.5) is 5.95 Å². The maximum absolute atomic E-state index is 13.3. The SMILES string of the molecule is CCOc1c(Cl)cc(C(C)(C)c2ccc(OCc3ccnc(N4CCC5(CC4)CC(N4CCC(c6ccc7c(c6)n(C)c(=O)n7C6CCC(=O)NC6=O)CC4)C5)n3)cc2)cc1C#N. The number of hydrogen-bond acceptors (Lipinski definition) is 10. The summed E-state index contributed by atoms with van der Waals surface area (Å²) in [4.78, 5) is 52.2. The largest absolute Gasteiger partial charge is 0.491 e. The van der Waals surface area contributed by atoms with E-state index in [0.717, 1.165) is 91.4 Å².